The van der Waals surface area contributed by atoms with Crippen LogP contribution in [0, 0.1) is 0 Å². The summed E-state index contributed by atoms with van der Waals surface area (Å²) < 4.78 is 1.84. The number of hydrogen-bond donors (Lipinski definition) is 3. The average Bonchev–Trinajstić information content (AvgIpc) is 2.49. The molecule has 1 rings (SSSR count). The number of nitrogens with two attached hydrogens (primary N) is 1. The Labute approximate surface area is 83.9 Å². The Morgan fingerprint density at radius 2 is 2.36 bits per heavy atom. The molecule has 5 nitrogen and oxygen atoms in total. The summed E-state index contributed by atoms with van der Waals surface area (Å²) in [5.74, 6) is 0. The van der Waals surface area contributed by atoms with Crippen molar-refractivity contribution in [3.05, 3.63) is 11.9 Å². The smallest absolute Gasteiger partial charge is 0.0991 e. The van der Waals surface area contributed by atoms with E-state index in [9.17, 15) is 0 Å². The van der Waals surface area contributed by atoms with Gasteiger partial charge in [0.1, 0.15) is 0 Å². The Kier molecular flexibility index (Phi) is 3.91. The van der Waals surface area contributed by atoms with Gasteiger partial charge < -0.3 is 16.2 Å². The zero-order chi connectivity index (χ0) is 10.6. The molecule has 1 aromatic heterocycles. The number of rotatable bonds is 5. The third-order valence-electron chi connectivity index (χ3n) is 1.95. The molecule has 14 heavy (non-hydrogen) atoms. The average molecular weight is 198 g/mol. The summed E-state index contributed by atoms with van der Waals surface area (Å²) in [5.41, 5.74) is 7.31. The van der Waals surface area contributed by atoms with E-state index in [4.69, 9.17) is 10.8 Å². The summed E-state index contributed by atoms with van der Waals surface area (Å²) in [6.45, 7) is 5.40. The van der Waals surface area contributed by atoms with Crippen LogP contribution in [0.15, 0.2) is 6.20 Å². The summed E-state index contributed by atoms with van der Waals surface area (Å²) >= 11 is 0. The summed E-state index contributed by atoms with van der Waals surface area (Å²) in [6, 6.07) is 0.323. The third-order valence-corrected chi connectivity index (χ3v) is 1.95. The molecule has 1 aromatic rings. The molecule has 0 aromatic carbocycles. The molecule has 0 atom stereocenters. The lowest BCUT2D eigenvalue weighted by atomic mass is 10.3. The minimum absolute atomic E-state index is 0.130. The fourth-order valence-electron chi connectivity index (χ4n) is 1.13. The molecule has 0 unspecified atom stereocenters. The van der Waals surface area contributed by atoms with Gasteiger partial charge in [0.2, 0.25) is 0 Å². The van der Waals surface area contributed by atoms with Gasteiger partial charge in [-0.15, -0.1) is 0 Å². The fraction of sp³-hybridized carbons (Fsp3) is 0.667. The Hall–Kier alpha value is -1.07. The van der Waals surface area contributed by atoms with E-state index in [1.54, 1.807) is 0 Å². The lowest BCUT2D eigenvalue weighted by Gasteiger charge is -2.03. The molecule has 0 spiro atoms. The van der Waals surface area contributed by atoms with E-state index >= 15 is 0 Å². The van der Waals surface area contributed by atoms with E-state index in [0.29, 0.717) is 24.8 Å². The predicted octanol–water partition coefficient (Wildman–Crippen LogP) is 0.128. The molecule has 4 N–H and O–H groups in total. The minimum Gasteiger partial charge on any atom is -0.396 e. The van der Waals surface area contributed by atoms with Crippen molar-refractivity contribution in [2.24, 2.45) is 0 Å². The van der Waals surface area contributed by atoms with Crippen molar-refractivity contribution >= 4 is 5.69 Å². The minimum atomic E-state index is 0.130. The molecule has 0 aliphatic heterocycles. The predicted molar refractivity (Wildman–Crippen MR) is 55.8 cm³/mol. The van der Waals surface area contributed by atoms with Crippen LogP contribution in [0.4, 0.5) is 5.69 Å². The third kappa shape index (κ3) is 2.71. The summed E-state index contributed by atoms with van der Waals surface area (Å²) in [7, 11) is 0. The van der Waals surface area contributed by atoms with E-state index in [1.165, 1.54) is 0 Å². The topological polar surface area (TPSA) is 76.1 Å². The summed E-state index contributed by atoms with van der Waals surface area (Å²) in [5, 5.41) is 16.0. The maximum atomic E-state index is 8.59. The maximum absolute atomic E-state index is 8.59. The van der Waals surface area contributed by atoms with Gasteiger partial charge in [-0.3, -0.25) is 4.68 Å². The zero-order valence-corrected chi connectivity index (χ0v) is 8.70. The first-order valence-electron chi connectivity index (χ1n) is 4.80. The van der Waals surface area contributed by atoms with Gasteiger partial charge in [-0.05, 0) is 13.8 Å². The first-order chi connectivity index (χ1) is 6.65. The van der Waals surface area contributed by atoms with Crippen molar-refractivity contribution in [2.75, 3.05) is 18.9 Å². The quantitative estimate of drug-likeness (QED) is 0.588. The maximum Gasteiger partial charge on any atom is 0.0991 e. The van der Waals surface area contributed by atoms with Gasteiger partial charge >= 0.3 is 0 Å². The van der Waals surface area contributed by atoms with E-state index in [0.717, 1.165) is 5.69 Å². The van der Waals surface area contributed by atoms with E-state index < -0.39 is 0 Å². The second kappa shape index (κ2) is 4.97. The first kappa shape index (κ1) is 11.0. The summed E-state index contributed by atoms with van der Waals surface area (Å²) in [4.78, 5) is 0. The highest BCUT2D eigenvalue weighted by Crippen LogP contribution is 2.12. The van der Waals surface area contributed by atoms with E-state index in [-0.39, 0.29) is 6.61 Å². The zero-order valence-electron chi connectivity index (χ0n) is 8.70. The van der Waals surface area contributed by atoms with Gasteiger partial charge in [-0.2, -0.15) is 5.10 Å². The molecular formula is C9H18N4O. The number of nitrogens with zero attached hydrogens (tertiary/aromatic N) is 2. The molecule has 1 heterocycles. The van der Waals surface area contributed by atoms with Crippen LogP contribution in [-0.4, -0.2) is 28.0 Å². The van der Waals surface area contributed by atoms with Crippen molar-refractivity contribution in [3.8, 4) is 0 Å². The standard InChI is InChI=1S/C9H18N4O/c1-7(2)13-6-8(10)9(12-13)5-11-3-4-14/h6-7,11,14H,3-5,10H2,1-2H3. The lowest BCUT2D eigenvalue weighted by Crippen LogP contribution is -2.18. The number of nitrogens with one attached hydrogen (secondary N) is 1. The lowest BCUT2D eigenvalue weighted by molar-refractivity contribution is 0.291. The molecule has 0 aliphatic rings. The largest absolute Gasteiger partial charge is 0.396 e. The SMILES string of the molecule is CC(C)n1cc(N)c(CNCCO)n1. The highest BCUT2D eigenvalue weighted by atomic mass is 16.3. The number of anilines is 1. The Morgan fingerprint density at radius 1 is 1.64 bits per heavy atom. The normalized spacial score (nSPS) is 11.1. The van der Waals surface area contributed by atoms with Crippen molar-refractivity contribution in [1.29, 1.82) is 0 Å². The van der Waals surface area contributed by atoms with Crippen LogP contribution in [0.5, 0.6) is 0 Å². The van der Waals surface area contributed by atoms with Crippen LogP contribution in [0.2, 0.25) is 0 Å². The van der Waals surface area contributed by atoms with Gasteiger partial charge in [-0.1, -0.05) is 0 Å². The highest BCUT2D eigenvalue weighted by molar-refractivity contribution is 5.40. The Bertz CT molecular complexity index is 282. The Morgan fingerprint density at radius 3 is 2.86 bits per heavy atom. The van der Waals surface area contributed by atoms with E-state index in [1.807, 2.05) is 10.9 Å². The molecule has 0 aliphatic carbocycles. The molecule has 5 heteroatoms. The molecule has 0 saturated heterocycles. The number of aromatic nitrogens is 2. The number of hydrogen-bond acceptors (Lipinski definition) is 4. The van der Waals surface area contributed by atoms with Crippen LogP contribution in [0.3, 0.4) is 0 Å². The summed E-state index contributed by atoms with van der Waals surface area (Å²) in [6.07, 6.45) is 1.83. The Balaban J connectivity index is 2.58. The molecule has 0 saturated carbocycles. The van der Waals surface area contributed by atoms with Crippen LogP contribution in [0.25, 0.3) is 0 Å². The van der Waals surface area contributed by atoms with Gasteiger partial charge in [0.15, 0.2) is 0 Å². The second-order valence-electron chi connectivity index (χ2n) is 3.51. The molecule has 80 valence electrons. The van der Waals surface area contributed by atoms with Crippen LogP contribution >= 0.6 is 0 Å². The second-order valence-corrected chi connectivity index (χ2v) is 3.51. The molecule has 0 radical (unpaired) electrons. The molecule has 0 bridgehead atoms. The molecule has 0 fully saturated rings. The van der Waals surface area contributed by atoms with Crippen molar-refractivity contribution in [3.63, 3.8) is 0 Å². The molecular weight excluding hydrogens is 180 g/mol. The van der Waals surface area contributed by atoms with Crippen LogP contribution < -0.4 is 11.1 Å². The number of aliphatic hydroxyl groups excluding tert-OH is 1. The first-order valence-corrected chi connectivity index (χ1v) is 4.80. The van der Waals surface area contributed by atoms with Crippen molar-refractivity contribution < 1.29 is 5.11 Å². The van der Waals surface area contributed by atoms with Gasteiger partial charge in [0, 0.05) is 25.3 Å². The van der Waals surface area contributed by atoms with Crippen molar-refractivity contribution in [1.82, 2.24) is 15.1 Å². The van der Waals surface area contributed by atoms with Crippen LogP contribution in [0.1, 0.15) is 25.6 Å². The van der Waals surface area contributed by atoms with Gasteiger partial charge in [-0.25, -0.2) is 0 Å². The monoisotopic (exact) mass is 198 g/mol. The van der Waals surface area contributed by atoms with Crippen molar-refractivity contribution in [2.45, 2.75) is 26.4 Å². The van der Waals surface area contributed by atoms with Crippen LogP contribution in [-0.2, 0) is 6.54 Å². The van der Waals surface area contributed by atoms with Gasteiger partial charge in [0.25, 0.3) is 0 Å². The number of aliphatic hydroxyl groups is 1. The fourth-order valence-corrected chi connectivity index (χ4v) is 1.13. The number of nitrogen functional groups attached to an aromatic ring is 1. The van der Waals surface area contributed by atoms with E-state index in [2.05, 4.69) is 24.3 Å². The van der Waals surface area contributed by atoms with Gasteiger partial charge in [0.05, 0.1) is 18.0 Å². The molecule has 0 amide bonds. The highest BCUT2D eigenvalue weighted by Gasteiger charge is 2.06.